The number of nitrogens with one attached hydrogen (secondary N) is 1. The zero-order valence-electron chi connectivity index (χ0n) is 26.6. The van der Waals surface area contributed by atoms with E-state index >= 15 is 0 Å². The SMILES string of the molecule is CC(=O)O[C@H]1CC[C@@]2(C)[C@@H](CC[C@]3(C)[C@]2(C)CC[C@@H]2C4=C(C(C)C)C(=O)C[C@]4(CC(=O)NN)CC[C@]23C)C1(C)C. The van der Waals surface area contributed by atoms with Gasteiger partial charge in [0.25, 0.3) is 0 Å². The number of nitrogens with two attached hydrogens (primary N) is 1. The number of ketones is 1. The highest BCUT2D eigenvalue weighted by Gasteiger charge is 2.74. The molecule has 40 heavy (non-hydrogen) atoms. The quantitative estimate of drug-likeness (QED) is 0.175. The maximum absolute atomic E-state index is 13.6. The van der Waals surface area contributed by atoms with Gasteiger partial charge in [0.1, 0.15) is 6.10 Å². The Balaban J connectivity index is 1.60. The van der Waals surface area contributed by atoms with Crippen molar-refractivity contribution in [2.75, 3.05) is 0 Å². The standard InChI is InChI=1S/C34H54N2O4/c1-20(2)27-23(38)18-34(19-26(39)36-35)17-16-30(6)22(28(27)34)10-14-33(9)31(7)13-12-25(40-21(3)37)29(4,5)24(31)11-15-32(30,33)8/h20,22,24-25H,10-19,35H2,1-9H3,(H,36,39)/t22-,24+,25+,30-,31+,32+,33-,34+/m1/s1. The Morgan fingerprint density at radius 2 is 1.55 bits per heavy atom. The Morgan fingerprint density at radius 3 is 2.15 bits per heavy atom. The van der Waals surface area contributed by atoms with Crippen LogP contribution in [0.1, 0.15) is 127 Å². The van der Waals surface area contributed by atoms with Crippen LogP contribution in [0.25, 0.3) is 0 Å². The summed E-state index contributed by atoms with van der Waals surface area (Å²) >= 11 is 0. The van der Waals surface area contributed by atoms with Crippen LogP contribution in [-0.2, 0) is 19.1 Å². The van der Waals surface area contributed by atoms with Crippen LogP contribution in [-0.4, -0.2) is 23.8 Å². The third-order valence-electron chi connectivity index (χ3n) is 14.5. The predicted octanol–water partition coefficient (Wildman–Crippen LogP) is 6.67. The average Bonchev–Trinajstić information content (AvgIpc) is 3.14. The number of hydrogen-bond acceptors (Lipinski definition) is 5. The van der Waals surface area contributed by atoms with Gasteiger partial charge in [0, 0.05) is 30.6 Å². The number of carbonyl (C=O) groups excluding carboxylic acids is 3. The summed E-state index contributed by atoms with van der Waals surface area (Å²) in [6.45, 7) is 20.8. The van der Waals surface area contributed by atoms with Gasteiger partial charge in [0.15, 0.2) is 5.78 Å². The highest BCUT2D eigenvalue weighted by atomic mass is 16.5. The largest absolute Gasteiger partial charge is 0.462 e. The molecule has 0 unspecified atom stereocenters. The molecule has 5 aliphatic rings. The minimum atomic E-state index is -0.389. The number of hydrogen-bond donors (Lipinski definition) is 2. The van der Waals surface area contributed by atoms with Crippen molar-refractivity contribution >= 4 is 17.7 Å². The van der Waals surface area contributed by atoms with E-state index < -0.39 is 0 Å². The number of esters is 1. The summed E-state index contributed by atoms with van der Waals surface area (Å²) in [4.78, 5) is 38.4. The Hall–Kier alpha value is -1.69. The van der Waals surface area contributed by atoms with E-state index in [1.807, 2.05) is 0 Å². The molecule has 0 heterocycles. The van der Waals surface area contributed by atoms with Gasteiger partial charge in [0.2, 0.25) is 5.91 Å². The van der Waals surface area contributed by atoms with Crippen LogP contribution in [0.5, 0.6) is 0 Å². The highest BCUT2D eigenvalue weighted by molar-refractivity contribution is 6.01. The molecule has 0 saturated heterocycles. The summed E-state index contributed by atoms with van der Waals surface area (Å²) < 4.78 is 5.93. The lowest BCUT2D eigenvalue weighted by atomic mass is 9.28. The number of allylic oxidation sites excluding steroid dienone is 2. The van der Waals surface area contributed by atoms with Crippen LogP contribution in [0, 0.1) is 50.2 Å². The van der Waals surface area contributed by atoms with Crippen LogP contribution >= 0.6 is 0 Å². The lowest BCUT2D eigenvalue weighted by Gasteiger charge is -2.76. The van der Waals surface area contributed by atoms with E-state index in [4.69, 9.17) is 10.6 Å². The third-order valence-corrected chi connectivity index (χ3v) is 14.5. The van der Waals surface area contributed by atoms with Crippen molar-refractivity contribution in [2.45, 2.75) is 133 Å². The second-order valence-corrected chi connectivity index (χ2v) is 16.2. The molecule has 0 aromatic rings. The van der Waals surface area contributed by atoms with E-state index in [9.17, 15) is 14.4 Å². The zero-order chi connectivity index (χ0) is 29.7. The Bertz CT molecular complexity index is 1160. The van der Waals surface area contributed by atoms with Crippen molar-refractivity contribution in [1.29, 1.82) is 0 Å². The predicted molar refractivity (Wildman–Crippen MR) is 157 cm³/mol. The first-order valence-corrected chi connectivity index (χ1v) is 15.9. The van der Waals surface area contributed by atoms with Gasteiger partial charge in [-0.1, -0.05) is 61.0 Å². The lowest BCUT2D eigenvalue weighted by Crippen LogP contribution is -2.70. The fourth-order valence-corrected chi connectivity index (χ4v) is 12.1. The van der Waals surface area contributed by atoms with Crippen LogP contribution in [0.2, 0.25) is 0 Å². The van der Waals surface area contributed by atoms with Gasteiger partial charge in [-0.05, 0) is 96.4 Å². The minimum absolute atomic E-state index is 0.0322. The molecule has 0 radical (unpaired) electrons. The smallest absolute Gasteiger partial charge is 0.302 e. The molecule has 6 heteroatoms. The lowest BCUT2D eigenvalue weighted by molar-refractivity contribution is -0.277. The van der Waals surface area contributed by atoms with Crippen molar-refractivity contribution in [3.8, 4) is 0 Å². The van der Waals surface area contributed by atoms with Crippen LogP contribution < -0.4 is 11.3 Å². The van der Waals surface area contributed by atoms with Gasteiger partial charge in [-0.3, -0.25) is 19.8 Å². The van der Waals surface area contributed by atoms with Gasteiger partial charge in [-0.2, -0.15) is 0 Å². The maximum Gasteiger partial charge on any atom is 0.302 e. The number of rotatable bonds is 4. The first-order chi connectivity index (χ1) is 18.4. The minimum Gasteiger partial charge on any atom is -0.462 e. The topological polar surface area (TPSA) is 98.5 Å². The fourth-order valence-electron chi connectivity index (χ4n) is 12.1. The number of hydrazine groups is 1. The van der Waals surface area contributed by atoms with E-state index in [1.165, 1.54) is 5.57 Å². The molecular weight excluding hydrogens is 500 g/mol. The summed E-state index contributed by atoms with van der Waals surface area (Å²) in [6, 6.07) is 0. The number of fused-ring (bicyclic) bond motifs is 7. The van der Waals surface area contributed by atoms with E-state index in [-0.39, 0.29) is 62.2 Å². The molecule has 0 bridgehead atoms. The Kier molecular flexibility index (Phi) is 6.82. The first kappa shape index (κ1) is 29.8. The summed E-state index contributed by atoms with van der Waals surface area (Å²) in [5.41, 5.74) is 4.59. The van der Waals surface area contributed by atoms with Gasteiger partial charge < -0.3 is 4.74 Å². The van der Waals surface area contributed by atoms with Crippen LogP contribution in [0.4, 0.5) is 0 Å². The second-order valence-electron chi connectivity index (χ2n) is 16.2. The van der Waals surface area contributed by atoms with Gasteiger partial charge >= 0.3 is 5.97 Å². The Morgan fingerprint density at radius 1 is 0.925 bits per heavy atom. The average molecular weight is 555 g/mol. The molecule has 5 aliphatic carbocycles. The molecule has 0 aliphatic heterocycles. The monoisotopic (exact) mass is 554 g/mol. The van der Waals surface area contributed by atoms with Crippen molar-refractivity contribution in [1.82, 2.24) is 5.43 Å². The van der Waals surface area contributed by atoms with Crippen LogP contribution in [0.15, 0.2) is 11.1 Å². The summed E-state index contributed by atoms with van der Waals surface area (Å²) in [7, 11) is 0. The van der Waals surface area contributed by atoms with Gasteiger partial charge in [-0.15, -0.1) is 0 Å². The molecule has 0 spiro atoms. The molecule has 1 amide bonds. The second kappa shape index (κ2) is 9.15. The molecule has 4 saturated carbocycles. The molecule has 5 rings (SSSR count). The molecule has 0 aromatic heterocycles. The maximum atomic E-state index is 13.6. The molecule has 4 fully saturated rings. The van der Waals surface area contributed by atoms with Crippen molar-refractivity contribution < 1.29 is 19.1 Å². The molecule has 3 N–H and O–H groups in total. The summed E-state index contributed by atoms with van der Waals surface area (Å²) in [6.07, 6.45) is 9.08. The van der Waals surface area contributed by atoms with Gasteiger partial charge in [-0.25, -0.2) is 5.84 Å². The molecule has 8 atom stereocenters. The molecule has 224 valence electrons. The van der Waals surface area contributed by atoms with Crippen molar-refractivity contribution in [3.63, 3.8) is 0 Å². The molecule has 0 aromatic carbocycles. The molecule has 6 nitrogen and oxygen atoms in total. The number of Topliss-reactive ketones (excluding diaryl/α,β-unsaturated/α-hetero) is 1. The van der Waals surface area contributed by atoms with E-state index in [0.717, 1.165) is 56.9 Å². The van der Waals surface area contributed by atoms with E-state index in [0.29, 0.717) is 24.7 Å². The summed E-state index contributed by atoms with van der Waals surface area (Å²) in [5.74, 6) is 6.44. The highest BCUT2D eigenvalue weighted by Crippen LogP contribution is 2.81. The van der Waals surface area contributed by atoms with Crippen molar-refractivity contribution in [3.05, 3.63) is 11.1 Å². The third kappa shape index (κ3) is 3.59. The fraction of sp³-hybridized carbons (Fsp3) is 0.853. The van der Waals surface area contributed by atoms with Crippen molar-refractivity contribution in [2.24, 2.45) is 56.1 Å². The van der Waals surface area contributed by atoms with Gasteiger partial charge in [0.05, 0.1) is 0 Å². The summed E-state index contributed by atoms with van der Waals surface area (Å²) in [5, 5.41) is 0. The van der Waals surface area contributed by atoms with Crippen LogP contribution in [0.3, 0.4) is 0 Å². The number of carbonyl (C=O) groups is 3. The molecular formula is C34H54N2O4. The first-order valence-electron chi connectivity index (χ1n) is 15.9. The number of ether oxygens (including phenoxy) is 1. The number of amides is 1. The van der Waals surface area contributed by atoms with E-state index in [2.05, 4.69) is 60.8 Å². The normalized spacial score (nSPS) is 45.8. The zero-order valence-corrected chi connectivity index (χ0v) is 26.6. The van der Waals surface area contributed by atoms with E-state index in [1.54, 1.807) is 6.92 Å². The Labute approximate surface area is 242 Å².